The summed E-state index contributed by atoms with van der Waals surface area (Å²) in [7, 11) is 5.59. The number of benzene rings is 1. The Labute approximate surface area is 258 Å². The Balaban J connectivity index is 0.00000207. The van der Waals surface area contributed by atoms with Gasteiger partial charge in [0.15, 0.2) is 5.76 Å². The van der Waals surface area contributed by atoms with Gasteiger partial charge in [-0.3, -0.25) is 9.79 Å². The van der Waals surface area contributed by atoms with Crippen molar-refractivity contribution < 1.29 is 23.4 Å². The summed E-state index contributed by atoms with van der Waals surface area (Å²) in [6.45, 7) is 14.3. The van der Waals surface area contributed by atoms with E-state index < -0.39 is 0 Å². The van der Waals surface area contributed by atoms with Crippen LogP contribution in [0.4, 0.5) is 0 Å². The van der Waals surface area contributed by atoms with E-state index >= 15 is 0 Å². The van der Waals surface area contributed by atoms with Gasteiger partial charge in [0.05, 0.1) is 18.8 Å². The molecule has 236 valence electrons. The predicted octanol–water partition coefficient (Wildman–Crippen LogP) is 6.17. The second kappa shape index (κ2) is 14.4. The highest BCUT2D eigenvalue weighted by Gasteiger charge is 2.36. The van der Waals surface area contributed by atoms with E-state index in [0.29, 0.717) is 24.0 Å². The van der Waals surface area contributed by atoms with E-state index in [9.17, 15) is 4.79 Å². The Morgan fingerprint density at radius 3 is 2.70 bits per heavy atom. The molecule has 2 N–H and O–H groups in total. The molecule has 10 heteroatoms. The van der Waals surface area contributed by atoms with Crippen LogP contribution in [0.25, 0.3) is 0 Å². The Morgan fingerprint density at radius 2 is 2.02 bits per heavy atom. The Bertz CT molecular complexity index is 1350. The van der Waals surface area contributed by atoms with Crippen molar-refractivity contribution in [1.82, 2.24) is 15.5 Å². The number of furan rings is 1. The first-order chi connectivity index (χ1) is 20.6. The molecular formula is C33H49N4O5P. The average Bonchev–Trinajstić information content (AvgIpc) is 3.68. The Kier molecular flexibility index (Phi) is 11.1. The fraction of sp³-hybridized carbons (Fsp3) is 0.576. The first kappa shape index (κ1) is 33.2. The summed E-state index contributed by atoms with van der Waals surface area (Å²) in [6, 6.07) is 8.59. The molecule has 1 saturated heterocycles. The number of rotatable bonds is 9. The van der Waals surface area contributed by atoms with Crippen molar-refractivity contribution in [1.29, 1.82) is 0 Å². The van der Waals surface area contributed by atoms with Gasteiger partial charge in [-0.15, -0.1) is 0 Å². The SMILES string of the molecule is CC.COC1=C(NC(=O)c2ccc(Cc3cc4c(cc3C)C(C)(C)OC4C)o2)C(OC)PC(=NCCC2CCCN2C)N1. The van der Waals surface area contributed by atoms with Gasteiger partial charge in [0.2, 0.25) is 5.88 Å². The zero-order valence-electron chi connectivity index (χ0n) is 27.2. The number of carbonyl (C=O) groups is 1. The molecule has 9 nitrogen and oxygen atoms in total. The number of aryl methyl sites for hydroxylation is 1. The number of amidine groups is 1. The smallest absolute Gasteiger partial charge is 0.291 e. The van der Waals surface area contributed by atoms with Gasteiger partial charge < -0.3 is 34.2 Å². The van der Waals surface area contributed by atoms with Gasteiger partial charge in [0, 0.05) is 26.1 Å². The lowest BCUT2D eigenvalue weighted by atomic mass is 9.89. The minimum atomic E-state index is -0.375. The van der Waals surface area contributed by atoms with Crippen LogP contribution in [0.3, 0.4) is 0 Å². The van der Waals surface area contributed by atoms with Gasteiger partial charge in [-0.1, -0.05) is 26.0 Å². The van der Waals surface area contributed by atoms with E-state index in [4.69, 9.17) is 23.6 Å². The normalized spacial score (nSPS) is 24.5. The Morgan fingerprint density at radius 1 is 1.26 bits per heavy atom. The molecule has 0 bridgehead atoms. The number of ether oxygens (including phenoxy) is 3. The number of aliphatic imine (C=N–C) groups is 1. The average molecular weight is 613 g/mol. The predicted molar refractivity (Wildman–Crippen MR) is 173 cm³/mol. The van der Waals surface area contributed by atoms with E-state index in [-0.39, 0.29) is 37.8 Å². The van der Waals surface area contributed by atoms with Crippen LogP contribution in [0.15, 0.2) is 45.3 Å². The number of likely N-dealkylation sites (tertiary alicyclic amines) is 1. The summed E-state index contributed by atoms with van der Waals surface area (Å²) in [5, 5.41) is 6.22. The number of nitrogens with zero attached hydrogens (tertiary/aromatic N) is 2. The molecule has 1 amide bonds. The van der Waals surface area contributed by atoms with Gasteiger partial charge in [-0.25, -0.2) is 0 Å². The van der Waals surface area contributed by atoms with E-state index in [1.807, 2.05) is 19.9 Å². The molecule has 0 aliphatic carbocycles. The molecule has 4 atom stereocenters. The molecule has 43 heavy (non-hydrogen) atoms. The van der Waals surface area contributed by atoms with Gasteiger partial charge in [0.25, 0.3) is 5.91 Å². The van der Waals surface area contributed by atoms with Crippen molar-refractivity contribution in [3.8, 4) is 0 Å². The fourth-order valence-electron chi connectivity index (χ4n) is 6.10. The summed E-state index contributed by atoms with van der Waals surface area (Å²) < 4.78 is 23.5. The minimum Gasteiger partial charge on any atom is -0.481 e. The molecular weight excluding hydrogens is 563 g/mol. The lowest BCUT2D eigenvalue weighted by Crippen LogP contribution is -2.39. The zero-order chi connectivity index (χ0) is 31.3. The van der Waals surface area contributed by atoms with Gasteiger partial charge in [-0.05, 0) is 104 Å². The minimum absolute atomic E-state index is 0.0404. The first-order valence-electron chi connectivity index (χ1n) is 15.4. The number of hydrogen-bond acceptors (Lipinski definition) is 7. The molecule has 2 aromatic rings. The molecule has 1 aromatic carbocycles. The van der Waals surface area contributed by atoms with Crippen LogP contribution in [-0.4, -0.2) is 62.6 Å². The second-order valence-electron chi connectivity index (χ2n) is 11.7. The van der Waals surface area contributed by atoms with Crippen molar-refractivity contribution in [2.75, 3.05) is 34.4 Å². The standard InChI is InChI=1S/C31H43N4O5P.C2H6/c1-18-15-24-23(19(2)40-31(24,3)4)17-20(18)16-22-10-11-25(39-22)27(36)33-26-28(37-6)34-30(41-29(26)38-7)32-13-12-21-9-8-14-35(21)5;1-2/h10-11,15,17,19,21,29,41H,8-9,12-14,16H2,1-7H3,(H,32,34)(H,33,36);1-2H3. The maximum Gasteiger partial charge on any atom is 0.291 e. The number of carbonyl (C=O) groups excluding carboxylic acids is 1. The topological polar surface area (TPSA) is 97.6 Å². The van der Waals surface area contributed by atoms with Crippen LogP contribution in [0.1, 0.15) is 98.6 Å². The maximum atomic E-state index is 13.2. The van der Waals surface area contributed by atoms with E-state index in [0.717, 1.165) is 36.4 Å². The first-order valence-corrected chi connectivity index (χ1v) is 16.5. The maximum absolute atomic E-state index is 13.2. The van der Waals surface area contributed by atoms with E-state index in [1.54, 1.807) is 20.3 Å². The highest BCUT2D eigenvalue weighted by Crippen LogP contribution is 2.44. The lowest BCUT2D eigenvalue weighted by Gasteiger charge is -2.28. The van der Waals surface area contributed by atoms with Crippen molar-refractivity contribution in [3.63, 3.8) is 0 Å². The number of hydrogen-bond donors (Lipinski definition) is 2. The molecule has 5 rings (SSSR count). The molecule has 0 saturated carbocycles. The monoisotopic (exact) mass is 612 g/mol. The molecule has 0 spiro atoms. The van der Waals surface area contributed by atoms with Crippen molar-refractivity contribution in [2.24, 2.45) is 4.99 Å². The van der Waals surface area contributed by atoms with Gasteiger partial charge in [-0.2, -0.15) is 0 Å². The molecule has 1 fully saturated rings. The van der Waals surface area contributed by atoms with Crippen molar-refractivity contribution >= 4 is 20.1 Å². The summed E-state index contributed by atoms with van der Waals surface area (Å²) in [5.74, 6) is 0.659. The number of nitrogens with one attached hydrogen (secondary N) is 2. The van der Waals surface area contributed by atoms with Crippen LogP contribution in [0, 0.1) is 6.92 Å². The summed E-state index contributed by atoms with van der Waals surface area (Å²) in [4.78, 5) is 20.4. The van der Waals surface area contributed by atoms with Crippen LogP contribution >= 0.6 is 8.58 Å². The van der Waals surface area contributed by atoms with E-state index in [2.05, 4.69) is 62.4 Å². The fourth-order valence-corrected chi connectivity index (χ4v) is 7.20. The van der Waals surface area contributed by atoms with Crippen LogP contribution in [-0.2, 0) is 26.2 Å². The molecule has 4 heterocycles. The third kappa shape index (κ3) is 7.51. The molecule has 0 radical (unpaired) electrons. The number of amides is 1. The van der Waals surface area contributed by atoms with E-state index in [1.165, 1.54) is 29.5 Å². The van der Waals surface area contributed by atoms with Gasteiger partial charge in [0.1, 0.15) is 22.9 Å². The molecule has 3 aliphatic heterocycles. The summed E-state index contributed by atoms with van der Waals surface area (Å²) >= 11 is 0. The Hall–Kier alpha value is -2.71. The number of fused-ring (bicyclic) bond motifs is 1. The lowest BCUT2D eigenvalue weighted by molar-refractivity contribution is -0.0435. The highest BCUT2D eigenvalue weighted by molar-refractivity contribution is 7.59. The third-order valence-corrected chi connectivity index (χ3v) is 9.76. The van der Waals surface area contributed by atoms with Crippen molar-refractivity contribution in [2.45, 2.75) is 90.8 Å². The number of methoxy groups -OCH3 is 2. The van der Waals surface area contributed by atoms with Crippen molar-refractivity contribution in [3.05, 3.63) is 69.6 Å². The largest absolute Gasteiger partial charge is 0.481 e. The molecule has 1 aromatic heterocycles. The summed E-state index contributed by atoms with van der Waals surface area (Å²) in [6.07, 6.45) is 4.13. The van der Waals surface area contributed by atoms with Gasteiger partial charge >= 0.3 is 0 Å². The second-order valence-corrected chi connectivity index (χ2v) is 12.9. The third-order valence-electron chi connectivity index (χ3n) is 8.41. The van der Waals surface area contributed by atoms with Crippen LogP contribution in [0.2, 0.25) is 0 Å². The zero-order valence-corrected chi connectivity index (χ0v) is 28.2. The highest BCUT2D eigenvalue weighted by atomic mass is 31.1. The van der Waals surface area contributed by atoms with Crippen LogP contribution in [0.5, 0.6) is 0 Å². The quantitative estimate of drug-likeness (QED) is 0.327. The summed E-state index contributed by atoms with van der Waals surface area (Å²) in [5.41, 5.74) is 5.85. The molecule has 3 aliphatic rings. The van der Waals surface area contributed by atoms with Crippen LogP contribution < -0.4 is 10.6 Å². The molecule has 4 unspecified atom stereocenters.